The van der Waals surface area contributed by atoms with E-state index >= 15 is 0 Å². The molecule has 2 heterocycles. The summed E-state index contributed by atoms with van der Waals surface area (Å²) in [6, 6.07) is 14.7. The van der Waals surface area contributed by atoms with Gasteiger partial charge in [-0.1, -0.05) is 30.3 Å². The molecule has 1 saturated heterocycles. The highest BCUT2D eigenvalue weighted by Crippen LogP contribution is 2.30. The second-order valence-electron chi connectivity index (χ2n) is 6.80. The summed E-state index contributed by atoms with van der Waals surface area (Å²) in [5, 5.41) is 5.35. The van der Waals surface area contributed by atoms with Crippen molar-refractivity contribution >= 4 is 34.3 Å². The number of ether oxygens (including phenoxy) is 2. The molecule has 0 bridgehead atoms. The minimum atomic E-state index is -0.374. The fourth-order valence-corrected chi connectivity index (χ4v) is 3.71. The fourth-order valence-electron chi connectivity index (χ4n) is 3.52. The van der Waals surface area contributed by atoms with E-state index in [9.17, 15) is 4.79 Å². The number of fused-ring (bicyclic) bond motifs is 1. The fraction of sp³-hybridized carbons (Fsp3) is 0.333. The van der Waals surface area contributed by atoms with Gasteiger partial charge in [-0.15, -0.1) is 0 Å². The number of nitrogens with zero attached hydrogens (tertiary/aromatic N) is 4. The molecule has 0 saturated carbocycles. The van der Waals surface area contributed by atoms with Gasteiger partial charge in [-0.25, -0.2) is 4.42 Å². The van der Waals surface area contributed by atoms with Crippen LogP contribution < -0.4 is 9.16 Å². The first-order chi connectivity index (χ1) is 14.2. The second-order valence-corrected chi connectivity index (χ2v) is 7.14. The van der Waals surface area contributed by atoms with Crippen LogP contribution in [0.1, 0.15) is 10.5 Å². The van der Waals surface area contributed by atoms with Gasteiger partial charge in [0.2, 0.25) is 0 Å². The summed E-state index contributed by atoms with van der Waals surface area (Å²) in [6.45, 7) is 4.72. The van der Waals surface area contributed by atoms with Gasteiger partial charge in [-0.05, 0) is 18.2 Å². The Bertz CT molecular complexity index is 986. The molecule has 8 heteroatoms. The number of carbonyl (C=O) groups excluding carboxylic acids is 1. The molecule has 3 aromatic rings. The van der Waals surface area contributed by atoms with E-state index in [1.807, 2.05) is 41.1 Å². The van der Waals surface area contributed by atoms with Crippen LogP contribution in [0.2, 0.25) is 0 Å². The lowest BCUT2D eigenvalue weighted by Gasteiger charge is -2.26. The molecule has 1 amide bonds. The Kier molecular flexibility index (Phi) is 5.99. The van der Waals surface area contributed by atoms with E-state index in [0.717, 1.165) is 48.2 Å². The Morgan fingerprint density at radius 2 is 1.90 bits per heavy atom. The van der Waals surface area contributed by atoms with Crippen molar-refractivity contribution < 1.29 is 14.3 Å². The predicted octanol–water partition coefficient (Wildman–Crippen LogP) is 3.18. The number of carbonyl (C=O) groups is 1. The molecule has 4 rings (SSSR count). The van der Waals surface area contributed by atoms with Gasteiger partial charge in [0.05, 0.1) is 32.6 Å². The van der Waals surface area contributed by atoms with Gasteiger partial charge in [0.25, 0.3) is 5.91 Å². The van der Waals surface area contributed by atoms with Crippen LogP contribution in [0, 0.1) is 0 Å². The molecule has 1 aromatic heterocycles. The summed E-state index contributed by atoms with van der Waals surface area (Å²) in [5.74, 6) is 0.304. The van der Waals surface area contributed by atoms with Crippen LogP contribution in [-0.2, 0) is 11.3 Å². The molecular formula is C21H23ClN4O3. The molecule has 7 nitrogen and oxygen atoms in total. The SMILES string of the molecule is COc1cccc2c(C(=O)N(Cl)c3ccccc3)nn(CCN3CCOCC3)c12. The highest BCUT2D eigenvalue weighted by Gasteiger charge is 2.25. The van der Waals surface area contributed by atoms with Crippen molar-refractivity contribution in [3.8, 4) is 5.75 Å². The summed E-state index contributed by atoms with van der Waals surface area (Å²) in [6.07, 6.45) is 0. The Morgan fingerprint density at radius 1 is 1.14 bits per heavy atom. The molecule has 0 atom stereocenters. The lowest BCUT2D eigenvalue weighted by molar-refractivity contribution is 0.0361. The molecule has 1 aliphatic rings. The molecule has 0 spiro atoms. The molecule has 1 fully saturated rings. The molecular weight excluding hydrogens is 392 g/mol. The molecule has 1 aliphatic heterocycles. The molecule has 0 unspecified atom stereocenters. The number of amides is 1. The van der Waals surface area contributed by atoms with Crippen LogP contribution in [-0.4, -0.2) is 60.5 Å². The summed E-state index contributed by atoms with van der Waals surface area (Å²) in [7, 11) is 1.62. The molecule has 0 radical (unpaired) electrons. The van der Waals surface area contributed by atoms with Crippen LogP contribution in [0.4, 0.5) is 5.69 Å². The normalized spacial score (nSPS) is 14.8. The third-order valence-electron chi connectivity index (χ3n) is 5.05. The largest absolute Gasteiger partial charge is 0.494 e. The van der Waals surface area contributed by atoms with Crippen molar-refractivity contribution in [2.75, 3.05) is 44.4 Å². The first kappa shape index (κ1) is 19.7. The Balaban J connectivity index is 1.67. The zero-order valence-electron chi connectivity index (χ0n) is 16.3. The minimum absolute atomic E-state index is 0.305. The van der Waals surface area contributed by atoms with Crippen LogP contribution in [0.5, 0.6) is 5.75 Å². The van der Waals surface area contributed by atoms with Crippen LogP contribution in [0.15, 0.2) is 48.5 Å². The third kappa shape index (κ3) is 4.07. The maximum atomic E-state index is 13.1. The van der Waals surface area contributed by atoms with E-state index < -0.39 is 0 Å². The Labute approximate surface area is 174 Å². The van der Waals surface area contributed by atoms with Crippen LogP contribution >= 0.6 is 11.8 Å². The van der Waals surface area contributed by atoms with Gasteiger partial charge < -0.3 is 9.47 Å². The van der Waals surface area contributed by atoms with Crippen LogP contribution in [0.25, 0.3) is 10.9 Å². The predicted molar refractivity (Wildman–Crippen MR) is 113 cm³/mol. The van der Waals surface area contributed by atoms with Crippen molar-refractivity contribution in [3.05, 3.63) is 54.2 Å². The smallest absolute Gasteiger partial charge is 0.294 e. The van der Waals surface area contributed by atoms with Crippen molar-refractivity contribution in [3.63, 3.8) is 0 Å². The summed E-state index contributed by atoms with van der Waals surface area (Å²) in [5.41, 5.74) is 1.70. The summed E-state index contributed by atoms with van der Waals surface area (Å²) < 4.78 is 13.9. The number of aromatic nitrogens is 2. The lowest BCUT2D eigenvalue weighted by Crippen LogP contribution is -2.38. The van der Waals surface area contributed by atoms with Crippen molar-refractivity contribution in [1.29, 1.82) is 0 Å². The number of anilines is 1. The van der Waals surface area contributed by atoms with Gasteiger partial charge in [-0.3, -0.25) is 14.4 Å². The zero-order chi connectivity index (χ0) is 20.2. The average molecular weight is 415 g/mol. The average Bonchev–Trinajstić information content (AvgIpc) is 3.17. The van der Waals surface area contributed by atoms with Crippen LogP contribution in [0.3, 0.4) is 0 Å². The molecule has 152 valence electrons. The quantitative estimate of drug-likeness (QED) is 0.580. The third-order valence-corrected chi connectivity index (χ3v) is 5.40. The van der Waals surface area contributed by atoms with E-state index in [0.29, 0.717) is 23.7 Å². The number of hydrogen-bond acceptors (Lipinski definition) is 5. The van der Waals surface area contributed by atoms with E-state index in [1.54, 1.807) is 19.2 Å². The number of para-hydroxylation sites is 2. The van der Waals surface area contributed by atoms with E-state index in [4.69, 9.17) is 21.3 Å². The van der Waals surface area contributed by atoms with Gasteiger partial charge in [0, 0.05) is 36.8 Å². The van der Waals surface area contributed by atoms with Crippen molar-refractivity contribution in [2.24, 2.45) is 0 Å². The maximum Gasteiger partial charge on any atom is 0.294 e. The van der Waals surface area contributed by atoms with E-state index in [1.165, 1.54) is 0 Å². The first-order valence-electron chi connectivity index (χ1n) is 9.58. The number of rotatable bonds is 6. The van der Waals surface area contributed by atoms with Gasteiger partial charge in [-0.2, -0.15) is 5.10 Å². The maximum absolute atomic E-state index is 13.1. The standard InChI is InChI=1S/C21H23ClN4O3/c1-28-18-9-5-8-17-19(21(27)26(22)16-6-3-2-4-7-16)23-25(20(17)18)11-10-24-12-14-29-15-13-24/h2-9H,10-15H2,1H3. The first-order valence-corrected chi connectivity index (χ1v) is 9.91. The highest BCUT2D eigenvalue weighted by atomic mass is 35.5. The number of hydrogen-bond donors (Lipinski definition) is 0. The van der Waals surface area contributed by atoms with Gasteiger partial charge in [0.15, 0.2) is 5.69 Å². The highest BCUT2D eigenvalue weighted by molar-refractivity contribution is 6.40. The van der Waals surface area contributed by atoms with E-state index in [-0.39, 0.29) is 5.91 Å². The lowest BCUT2D eigenvalue weighted by atomic mass is 10.2. The number of methoxy groups -OCH3 is 1. The Morgan fingerprint density at radius 3 is 2.62 bits per heavy atom. The zero-order valence-corrected chi connectivity index (χ0v) is 17.0. The summed E-state index contributed by atoms with van der Waals surface area (Å²) >= 11 is 6.35. The minimum Gasteiger partial charge on any atom is -0.494 e. The molecule has 2 aromatic carbocycles. The second kappa shape index (κ2) is 8.82. The van der Waals surface area contributed by atoms with Gasteiger partial charge >= 0.3 is 0 Å². The number of benzene rings is 2. The van der Waals surface area contributed by atoms with Gasteiger partial charge in [0.1, 0.15) is 11.3 Å². The van der Waals surface area contributed by atoms with Crippen molar-refractivity contribution in [1.82, 2.24) is 14.7 Å². The summed E-state index contributed by atoms with van der Waals surface area (Å²) in [4.78, 5) is 15.5. The number of morpholine rings is 1. The molecule has 0 N–H and O–H groups in total. The monoisotopic (exact) mass is 414 g/mol. The Hall–Kier alpha value is -2.61. The van der Waals surface area contributed by atoms with E-state index in [2.05, 4.69) is 10.00 Å². The molecule has 0 aliphatic carbocycles. The van der Waals surface area contributed by atoms with Crippen molar-refractivity contribution in [2.45, 2.75) is 6.54 Å². The topological polar surface area (TPSA) is 59.8 Å². The number of halogens is 1. The molecule has 29 heavy (non-hydrogen) atoms.